The number of carbonyl (C=O) groups excluding carboxylic acids is 2. The van der Waals surface area contributed by atoms with Gasteiger partial charge in [-0.15, -0.1) is 0 Å². The predicted octanol–water partition coefficient (Wildman–Crippen LogP) is 5.23. The van der Waals surface area contributed by atoms with Crippen molar-refractivity contribution in [3.8, 4) is 17.1 Å². The summed E-state index contributed by atoms with van der Waals surface area (Å²) in [5.74, 6) is 0.767. The van der Waals surface area contributed by atoms with Gasteiger partial charge in [0.2, 0.25) is 0 Å². The molecule has 0 unspecified atom stereocenters. The highest BCUT2D eigenvalue weighted by Crippen LogP contribution is 2.26. The van der Waals surface area contributed by atoms with Gasteiger partial charge in [-0.3, -0.25) is 4.79 Å². The number of aromatic amines is 1. The summed E-state index contributed by atoms with van der Waals surface area (Å²) >= 11 is 11.9. The molecule has 3 aromatic carbocycles. The topological polar surface area (TPSA) is 98.1 Å². The third-order valence-electron chi connectivity index (χ3n) is 4.28. The SMILES string of the molecule is NC(=O)Oc1ccc2[nH]c(-c3ccc(C(=O)c4ccc(Cl)c(Cl)c4)cc3)nc2c1. The van der Waals surface area contributed by atoms with Gasteiger partial charge in [0.25, 0.3) is 0 Å². The summed E-state index contributed by atoms with van der Waals surface area (Å²) in [7, 11) is 0. The molecule has 0 aliphatic rings. The van der Waals surface area contributed by atoms with Gasteiger partial charge in [-0.1, -0.05) is 47.5 Å². The van der Waals surface area contributed by atoms with Gasteiger partial charge < -0.3 is 15.5 Å². The molecule has 0 atom stereocenters. The Morgan fingerprint density at radius 1 is 0.897 bits per heavy atom. The second kappa shape index (κ2) is 7.58. The van der Waals surface area contributed by atoms with E-state index in [2.05, 4.69) is 9.97 Å². The first kappa shape index (κ1) is 19.0. The van der Waals surface area contributed by atoms with E-state index in [1.807, 2.05) is 0 Å². The molecular weight excluding hydrogens is 413 g/mol. The van der Waals surface area contributed by atoms with Crippen LogP contribution in [-0.4, -0.2) is 21.8 Å². The zero-order chi connectivity index (χ0) is 20.5. The van der Waals surface area contributed by atoms with Crippen LogP contribution in [0.1, 0.15) is 15.9 Å². The van der Waals surface area contributed by atoms with Gasteiger partial charge in [-0.25, -0.2) is 9.78 Å². The van der Waals surface area contributed by atoms with Crippen molar-refractivity contribution in [2.45, 2.75) is 0 Å². The van der Waals surface area contributed by atoms with Crippen LogP contribution in [0.4, 0.5) is 4.79 Å². The van der Waals surface area contributed by atoms with E-state index >= 15 is 0 Å². The van der Waals surface area contributed by atoms with Gasteiger partial charge in [0.05, 0.1) is 21.1 Å². The molecule has 0 spiro atoms. The first-order valence-electron chi connectivity index (χ1n) is 8.48. The van der Waals surface area contributed by atoms with Crippen LogP contribution in [0.25, 0.3) is 22.4 Å². The molecule has 4 rings (SSSR count). The number of H-pyrrole nitrogens is 1. The minimum atomic E-state index is -0.887. The lowest BCUT2D eigenvalue weighted by molar-refractivity contribution is 0.103. The van der Waals surface area contributed by atoms with Crippen LogP contribution in [0.15, 0.2) is 60.7 Å². The Bertz CT molecular complexity index is 1250. The lowest BCUT2D eigenvalue weighted by atomic mass is 10.0. The summed E-state index contributed by atoms with van der Waals surface area (Å²) in [6.07, 6.45) is -0.887. The van der Waals surface area contributed by atoms with E-state index in [1.165, 1.54) is 0 Å². The highest BCUT2D eigenvalue weighted by atomic mass is 35.5. The number of halogens is 2. The molecule has 0 fully saturated rings. The lowest BCUT2D eigenvalue weighted by Gasteiger charge is -2.04. The smallest absolute Gasteiger partial charge is 0.409 e. The number of amides is 1. The number of benzene rings is 3. The van der Waals surface area contributed by atoms with E-state index < -0.39 is 6.09 Å². The van der Waals surface area contributed by atoms with Crippen LogP contribution in [0.2, 0.25) is 10.0 Å². The van der Waals surface area contributed by atoms with E-state index in [9.17, 15) is 9.59 Å². The quantitative estimate of drug-likeness (QED) is 0.437. The van der Waals surface area contributed by atoms with Gasteiger partial charge >= 0.3 is 6.09 Å². The van der Waals surface area contributed by atoms with Gasteiger partial charge in [-0.2, -0.15) is 0 Å². The van der Waals surface area contributed by atoms with Gasteiger partial charge in [-0.05, 0) is 30.3 Å². The molecule has 1 aromatic heterocycles. The van der Waals surface area contributed by atoms with Crippen LogP contribution in [0.5, 0.6) is 5.75 Å². The monoisotopic (exact) mass is 425 g/mol. The fourth-order valence-corrected chi connectivity index (χ4v) is 3.18. The summed E-state index contributed by atoms with van der Waals surface area (Å²) in [5.41, 5.74) is 8.19. The van der Waals surface area contributed by atoms with Gasteiger partial charge in [0.15, 0.2) is 5.78 Å². The average Bonchev–Trinajstić information content (AvgIpc) is 3.12. The molecule has 4 aromatic rings. The van der Waals surface area contributed by atoms with Gasteiger partial charge in [0, 0.05) is 22.8 Å². The van der Waals surface area contributed by atoms with Crippen molar-refractivity contribution in [1.82, 2.24) is 9.97 Å². The molecule has 1 heterocycles. The van der Waals surface area contributed by atoms with Crippen LogP contribution < -0.4 is 10.5 Å². The summed E-state index contributed by atoms with van der Waals surface area (Å²) in [6, 6.07) is 16.8. The first-order chi connectivity index (χ1) is 13.9. The number of ether oxygens (including phenoxy) is 1. The number of nitrogens with zero attached hydrogens (tertiary/aromatic N) is 1. The molecule has 0 aliphatic heterocycles. The minimum absolute atomic E-state index is 0.159. The van der Waals surface area contributed by atoms with E-state index in [0.29, 0.717) is 38.3 Å². The molecule has 0 bridgehead atoms. The van der Waals surface area contributed by atoms with Crippen molar-refractivity contribution in [3.63, 3.8) is 0 Å². The number of rotatable bonds is 4. The normalized spacial score (nSPS) is 10.8. The summed E-state index contributed by atoms with van der Waals surface area (Å²) in [4.78, 5) is 31.2. The van der Waals surface area contributed by atoms with Crippen LogP contribution >= 0.6 is 23.2 Å². The molecule has 144 valence electrons. The highest BCUT2D eigenvalue weighted by Gasteiger charge is 2.12. The predicted molar refractivity (Wildman–Crippen MR) is 112 cm³/mol. The Morgan fingerprint density at radius 2 is 1.62 bits per heavy atom. The van der Waals surface area contributed by atoms with Crippen molar-refractivity contribution < 1.29 is 14.3 Å². The molecule has 0 radical (unpaired) electrons. The van der Waals surface area contributed by atoms with Crippen molar-refractivity contribution in [1.29, 1.82) is 0 Å². The number of primary amides is 1. The number of fused-ring (bicyclic) bond motifs is 1. The molecule has 6 nitrogen and oxygen atoms in total. The summed E-state index contributed by atoms with van der Waals surface area (Å²) < 4.78 is 4.87. The number of hydrogen-bond donors (Lipinski definition) is 2. The van der Waals surface area contributed by atoms with Crippen molar-refractivity contribution >= 4 is 46.1 Å². The Labute approximate surface area is 175 Å². The number of nitrogens with one attached hydrogen (secondary N) is 1. The number of carbonyl (C=O) groups is 2. The Morgan fingerprint density at radius 3 is 2.31 bits per heavy atom. The number of imidazole rings is 1. The van der Waals surface area contributed by atoms with Gasteiger partial charge in [0.1, 0.15) is 11.6 Å². The van der Waals surface area contributed by atoms with Crippen LogP contribution in [0.3, 0.4) is 0 Å². The van der Waals surface area contributed by atoms with Crippen LogP contribution in [-0.2, 0) is 0 Å². The van der Waals surface area contributed by atoms with Crippen molar-refractivity contribution in [3.05, 3.63) is 81.8 Å². The Balaban J connectivity index is 1.61. The number of ketones is 1. The maximum atomic E-state index is 12.6. The molecule has 29 heavy (non-hydrogen) atoms. The molecule has 3 N–H and O–H groups in total. The maximum Gasteiger partial charge on any atom is 0.409 e. The second-order valence-corrected chi connectivity index (χ2v) is 7.04. The fourth-order valence-electron chi connectivity index (χ4n) is 2.89. The Hall–Kier alpha value is -3.35. The zero-order valence-corrected chi connectivity index (χ0v) is 16.3. The lowest BCUT2D eigenvalue weighted by Crippen LogP contribution is -2.16. The second-order valence-electron chi connectivity index (χ2n) is 6.22. The average molecular weight is 426 g/mol. The maximum absolute atomic E-state index is 12.6. The molecule has 0 saturated carbocycles. The van der Waals surface area contributed by atoms with E-state index in [4.69, 9.17) is 33.7 Å². The minimum Gasteiger partial charge on any atom is -0.410 e. The van der Waals surface area contributed by atoms with E-state index in [1.54, 1.807) is 60.7 Å². The van der Waals surface area contributed by atoms with Crippen molar-refractivity contribution in [2.75, 3.05) is 0 Å². The number of hydrogen-bond acceptors (Lipinski definition) is 4. The Kier molecular flexibility index (Phi) is 4.96. The first-order valence-corrected chi connectivity index (χ1v) is 9.23. The number of aromatic nitrogens is 2. The summed E-state index contributed by atoms with van der Waals surface area (Å²) in [6.45, 7) is 0. The summed E-state index contributed by atoms with van der Waals surface area (Å²) in [5, 5.41) is 0.726. The van der Waals surface area contributed by atoms with E-state index in [0.717, 1.165) is 11.1 Å². The molecule has 0 aliphatic carbocycles. The molecular formula is C21H13Cl2N3O3. The molecule has 1 amide bonds. The third-order valence-corrected chi connectivity index (χ3v) is 5.01. The standard InChI is InChI=1S/C21H13Cl2N3O3/c22-15-7-5-13(9-16(15)23)19(27)11-1-3-12(4-2-11)20-25-17-8-6-14(29-21(24)28)10-18(17)26-20/h1-10H,(H2,24,28)(H,25,26). The molecule has 0 saturated heterocycles. The largest absolute Gasteiger partial charge is 0.410 e. The third kappa shape index (κ3) is 3.94. The highest BCUT2D eigenvalue weighted by molar-refractivity contribution is 6.42. The fraction of sp³-hybridized carbons (Fsp3) is 0. The number of nitrogens with two attached hydrogens (primary N) is 1. The molecule has 8 heteroatoms. The van der Waals surface area contributed by atoms with Crippen molar-refractivity contribution in [2.24, 2.45) is 5.73 Å². The van der Waals surface area contributed by atoms with Crippen LogP contribution in [0, 0.1) is 0 Å². The van der Waals surface area contributed by atoms with E-state index in [-0.39, 0.29) is 5.78 Å². The zero-order valence-electron chi connectivity index (χ0n) is 14.8.